The molecule has 0 bridgehead atoms. The predicted octanol–water partition coefficient (Wildman–Crippen LogP) is 2.76. The highest BCUT2D eigenvalue weighted by atomic mass is 19.3. The van der Waals surface area contributed by atoms with Crippen LogP contribution in [-0.4, -0.2) is 60.5 Å². The van der Waals surface area contributed by atoms with Crippen LogP contribution < -0.4 is 15.8 Å². The van der Waals surface area contributed by atoms with Crippen molar-refractivity contribution in [3.63, 3.8) is 0 Å². The second-order valence-corrected chi connectivity index (χ2v) is 7.10. The Balaban J connectivity index is 1.52. The summed E-state index contributed by atoms with van der Waals surface area (Å²) in [5.74, 6) is 0.0707. The second kappa shape index (κ2) is 8.61. The van der Waals surface area contributed by atoms with Gasteiger partial charge in [-0.3, -0.25) is 4.68 Å². The van der Waals surface area contributed by atoms with Crippen LogP contribution in [0.1, 0.15) is 18.7 Å². The Bertz CT molecular complexity index is 1140. The highest BCUT2D eigenvalue weighted by Crippen LogP contribution is 2.32. The summed E-state index contributed by atoms with van der Waals surface area (Å²) >= 11 is 0. The Labute approximate surface area is 180 Å². The quantitative estimate of drug-likeness (QED) is 0.499. The zero-order valence-corrected chi connectivity index (χ0v) is 16.9. The summed E-state index contributed by atoms with van der Waals surface area (Å²) in [6, 6.07) is 2.80. The SMILES string of the molecule is COc1cc(Nc2cc(N)nc(C(F)F)n2)ncc1-c1cnn(CC2CCN2C(=O)O)c1. The molecule has 11 nitrogen and oxygen atoms in total. The fourth-order valence-corrected chi connectivity index (χ4v) is 3.37. The first-order chi connectivity index (χ1) is 15.3. The van der Waals surface area contributed by atoms with Gasteiger partial charge in [0.1, 0.15) is 23.2 Å². The van der Waals surface area contributed by atoms with Gasteiger partial charge in [-0.25, -0.2) is 28.5 Å². The van der Waals surface area contributed by atoms with Crippen LogP contribution in [0.25, 0.3) is 11.1 Å². The number of carboxylic acid groups (broad SMARTS) is 1. The maximum atomic E-state index is 12.9. The molecule has 1 atom stereocenters. The van der Waals surface area contributed by atoms with Crippen molar-refractivity contribution in [2.24, 2.45) is 0 Å². The van der Waals surface area contributed by atoms with Crippen molar-refractivity contribution in [1.82, 2.24) is 29.6 Å². The molecule has 13 heteroatoms. The summed E-state index contributed by atoms with van der Waals surface area (Å²) in [5, 5.41) is 16.3. The molecule has 168 valence electrons. The standard InChI is InChI=1S/C19H20F2N8O3/c1-32-13-4-15(26-16-5-14(22)25-18(27-16)17(20)21)23-7-12(13)10-6-24-28(8-10)9-11-2-3-29(11)19(30)31/h4-8,11,17H,2-3,9H2,1H3,(H,30,31)(H3,22,23,25,26,27). The molecular weight excluding hydrogens is 426 g/mol. The fourth-order valence-electron chi connectivity index (χ4n) is 3.37. The summed E-state index contributed by atoms with van der Waals surface area (Å²) in [5.41, 5.74) is 6.95. The number of hydrogen-bond donors (Lipinski definition) is 3. The molecule has 0 spiro atoms. The molecule has 4 rings (SSSR count). The lowest BCUT2D eigenvalue weighted by molar-refractivity contribution is 0.0658. The number of ether oxygens (including phenoxy) is 1. The van der Waals surface area contributed by atoms with Gasteiger partial charge in [0.05, 0.1) is 25.9 Å². The topological polar surface area (TPSA) is 144 Å². The van der Waals surface area contributed by atoms with E-state index in [0.717, 1.165) is 12.0 Å². The molecule has 0 aliphatic carbocycles. The second-order valence-electron chi connectivity index (χ2n) is 7.10. The number of halogens is 2. The smallest absolute Gasteiger partial charge is 0.407 e. The first-order valence-corrected chi connectivity index (χ1v) is 9.60. The van der Waals surface area contributed by atoms with E-state index in [1.807, 2.05) is 0 Å². The molecule has 32 heavy (non-hydrogen) atoms. The van der Waals surface area contributed by atoms with Crippen LogP contribution >= 0.6 is 0 Å². The van der Waals surface area contributed by atoms with E-state index >= 15 is 0 Å². The van der Waals surface area contributed by atoms with E-state index in [-0.39, 0.29) is 17.7 Å². The number of likely N-dealkylation sites (tertiary alicyclic amines) is 1. The molecule has 1 aliphatic rings. The Morgan fingerprint density at radius 2 is 2.16 bits per heavy atom. The number of carbonyl (C=O) groups is 1. The number of pyridine rings is 1. The Morgan fingerprint density at radius 3 is 2.81 bits per heavy atom. The van der Waals surface area contributed by atoms with E-state index in [1.54, 1.807) is 29.3 Å². The van der Waals surface area contributed by atoms with Gasteiger partial charge >= 0.3 is 6.09 Å². The van der Waals surface area contributed by atoms with Crippen molar-refractivity contribution in [3.8, 4) is 16.9 Å². The number of anilines is 3. The van der Waals surface area contributed by atoms with Gasteiger partial charge in [-0.2, -0.15) is 5.10 Å². The largest absolute Gasteiger partial charge is 0.496 e. The fraction of sp³-hybridized carbons (Fsp3) is 0.316. The molecule has 3 aromatic heterocycles. The number of nitrogens with two attached hydrogens (primary N) is 1. The normalized spacial score (nSPS) is 15.5. The number of nitrogens with zero attached hydrogens (tertiary/aromatic N) is 6. The molecule has 1 amide bonds. The van der Waals surface area contributed by atoms with E-state index in [1.165, 1.54) is 18.1 Å². The van der Waals surface area contributed by atoms with Crippen molar-refractivity contribution in [1.29, 1.82) is 0 Å². The first kappa shape index (κ1) is 21.2. The van der Waals surface area contributed by atoms with Crippen molar-refractivity contribution < 1.29 is 23.4 Å². The van der Waals surface area contributed by atoms with Gasteiger partial charge in [0, 0.05) is 42.2 Å². The number of rotatable bonds is 7. The van der Waals surface area contributed by atoms with Crippen LogP contribution in [0.3, 0.4) is 0 Å². The predicted molar refractivity (Wildman–Crippen MR) is 110 cm³/mol. The first-order valence-electron chi connectivity index (χ1n) is 9.60. The van der Waals surface area contributed by atoms with Gasteiger partial charge in [0.2, 0.25) is 0 Å². The lowest BCUT2D eigenvalue weighted by Crippen LogP contribution is -2.52. The maximum absolute atomic E-state index is 12.9. The van der Waals surface area contributed by atoms with E-state index in [2.05, 4.69) is 25.4 Å². The zero-order chi connectivity index (χ0) is 22.8. The van der Waals surface area contributed by atoms with Gasteiger partial charge in [0.15, 0.2) is 5.82 Å². The number of alkyl halides is 2. The molecule has 0 radical (unpaired) electrons. The number of nitrogen functional groups attached to an aromatic ring is 1. The Morgan fingerprint density at radius 1 is 1.34 bits per heavy atom. The van der Waals surface area contributed by atoms with E-state index in [4.69, 9.17) is 15.6 Å². The van der Waals surface area contributed by atoms with Crippen LogP contribution in [0.4, 0.5) is 31.0 Å². The molecule has 3 aromatic rings. The molecular formula is C19H20F2N8O3. The van der Waals surface area contributed by atoms with Crippen molar-refractivity contribution >= 4 is 23.5 Å². The van der Waals surface area contributed by atoms with E-state index < -0.39 is 18.3 Å². The molecule has 1 saturated heterocycles. The van der Waals surface area contributed by atoms with Gasteiger partial charge in [-0.05, 0) is 6.42 Å². The van der Waals surface area contributed by atoms with Crippen molar-refractivity contribution in [2.75, 3.05) is 24.7 Å². The number of aromatic nitrogens is 5. The Kier molecular flexibility index (Phi) is 5.71. The summed E-state index contributed by atoms with van der Waals surface area (Å²) in [6.07, 6.45) is 1.96. The summed E-state index contributed by atoms with van der Waals surface area (Å²) in [4.78, 5) is 24.0. The number of amides is 1. The summed E-state index contributed by atoms with van der Waals surface area (Å²) < 4.78 is 33.0. The van der Waals surface area contributed by atoms with Crippen molar-refractivity contribution in [2.45, 2.75) is 25.4 Å². The van der Waals surface area contributed by atoms with E-state index in [0.29, 0.717) is 30.2 Å². The molecule has 4 N–H and O–H groups in total. The highest BCUT2D eigenvalue weighted by Gasteiger charge is 2.32. The van der Waals surface area contributed by atoms with Gasteiger partial charge in [0.25, 0.3) is 6.43 Å². The number of nitrogens with one attached hydrogen (secondary N) is 1. The molecule has 4 heterocycles. The summed E-state index contributed by atoms with van der Waals surface area (Å²) in [7, 11) is 1.49. The maximum Gasteiger partial charge on any atom is 0.407 e. The van der Waals surface area contributed by atoms with Crippen LogP contribution in [0.5, 0.6) is 5.75 Å². The molecule has 1 unspecified atom stereocenters. The molecule has 1 aliphatic heterocycles. The lowest BCUT2D eigenvalue weighted by atomic mass is 10.0. The Hall–Kier alpha value is -4.03. The zero-order valence-electron chi connectivity index (χ0n) is 16.9. The minimum Gasteiger partial charge on any atom is -0.496 e. The van der Waals surface area contributed by atoms with Crippen molar-refractivity contribution in [3.05, 3.63) is 36.5 Å². The average Bonchev–Trinajstić information content (AvgIpc) is 3.18. The minimum absolute atomic E-state index is 0.0754. The van der Waals surface area contributed by atoms with Crippen LogP contribution in [0.15, 0.2) is 30.7 Å². The molecule has 1 fully saturated rings. The monoisotopic (exact) mass is 446 g/mol. The van der Waals surface area contributed by atoms with Gasteiger partial charge < -0.3 is 25.8 Å². The highest BCUT2D eigenvalue weighted by molar-refractivity contribution is 5.71. The molecule has 0 saturated carbocycles. The van der Waals surface area contributed by atoms with Crippen LogP contribution in [-0.2, 0) is 6.54 Å². The lowest BCUT2D eigenvalue weighted by Gasteiger charge is -2.38. The van der Waals surface area contributed by atoms with E-state index in [9.17, 15) is 13.6 Å². The third-order valence-electron chi connectivity index (χ3n) is 5.03. The summed E-state index contributed by atoms with van der Waals surface area (Å²) in [6.45, 7) is 0.973. The average molecular weight is 446 g/mol. The van der Waals surface area contributed by atoms with Gasteiger partial charge in [-0.15, -0.1) is 0 Å². The van der Waals surface area contributed by atoms with Crippen LogP contribution in [0.2, 0.25) is 0 Å². The minimum atomic E-state index is -2.86. The number of methoxy groups -OCH3 is 1. The van der Waals surface area contributed by atoms with Crippen LogP contribution in [0, 0.1) is 0 Å². The molecule has 0 aromatic carbocycles. The third-order valence-corrected chi connectivity index (χ3v) is 5.03. The number of hydrogen-bond acceptors (Lipinski definition) is 8. The van der Waals surface area contributed by atoms with Gasteiger partial charge in [-0.1, -0.05) is 0 Å². The third kappa shape index (κ3) is 4.36.